The molecule has 1 rings (SSSR count). The van der Waals surface area contributed by atoms with E-state index < -0.39 is 16.3 Å². The van der Waals surface area contributed by atoms with Gasteiger partial charge in [0.2, 0.25) is 0 Å². The molecule has 1 unspecified atom stereocenters. The molecule has 1 fully saturated rings. The zero-order valence-corrected chi connectivity index (χ0v) is 10.6. The summed E-state index contributed by atoms with van der Waals surface area (Å²) in [5, 5.41) is 8.86. The van der Waals surface area contributed by atoms with Gasteiger partial charge >= 0.3 is 0 Å². The molecule has 1 saturated heterocycles. The van der Waals surface area contributed by atoms with E-state index in [1.807, 2.05) is 19.9 Å². The van der Waals surface area contributed by atoms with Crippen LogP contribution in [0.15, 0.2) is 0 Å². The van der Waals surface area contributed by atoms with Crippen molar-refractivity contribution in [2.45, 2.75) is 39.2 Å². The van der Waals surface area contributed by atoms with Crippen LogP contribution in [0.25, 0.3) is 0 Å². The summed E-state index contributed by atoms with van der Waals surface area (Å²) in [5.41, 5.74) is 0. The van der Waals surface area contributed by atoms with Crippen molar-refractivity contribution in [2.75, 3.05) is 13.1 Å². The molecule has 0 saturated carbocycles. The molecular weight excluding hydrogens is 226 g/mol. The van der Waals surface area contributed by atoms with E-state index >= 15 is 0 Å². The average Bonchev–Trinajstić information content (AvgIpc) is 2.27. The van der Waals surface area contributed by atoms with Crippen molar-refractivity contribution >= 4 is 10.2 Å². The Kier molecular flexibility index (Phi) is 4.71. The van der Waals surface area contributed by atoms with Crippen LogP contribution >= 0.6 is 0 Å². The lowest BCUT2D eigenvalue weighted by Gasteiger charge is -2.27. The Bertz CT molecular complexity index is 353. The molecule has 5 nitrogen and oxygen atoms in total. The molecule has 0 amide bonds. The molecule has 1 atom stereocenters. The maximum Gasteiger partial charge on any atom is 0.280 e. The fraction of sp³-hybridized carbons (Fsp3) is 0.900. The topological polar surface area (TPSA) is 73.2 Å². The molecule has 1 aliphatic heterocycles. The van der Waals surface area contributed by atoms with Crippen LogP contribution < -0.4 is 4.72 Å². The van der Waals surface area contributed by atoms with E-state index in [9.17, 15) is 8.42 Å². The van der Waals surface area contributed by atoms with Crippen molar-refractivity contribution in [1.29, 1.82) is 5.26 Å². The highest BCUT2D eigenvalue weighted by molar-refractivity contribution is 7.87. The Labute approximate surface area is 97.6 Å². The van der Waals surface area contributed by atoms with Crippen LogP contribution in [0.3, 0.4) is 0 Å². The molecule has 16 heavy (non-hydrogen) atoms. The van der Waals surface area contributed by atoms with Crippen LogP contribution in [0.1, 0.15) is 33.1 Å². The third-order valence-electron chi connectivity index (χ3n) is 2.74. The van der Waals surface area contributed by atoms with Crippen molar-refractivity contribution in [3.63, 3.8) is 0 Å². The van der Waals surface area contributed by atoms with Crippen LogP contribution in [0.5, 0.6) is 0 Å². The predicted octanol–water partition coefficient (Wildman–Crippen LogP) is 0.855. The molecular formula is C10H19N3O2S. The smallest absolute Gasteiger partial charge is 0.197 e. The monoisotopic (exact) mass is 245 g/mol. The van der Waals surface area contributed by atoms with Gasteiger partial charge in [0.1, 0.15) is 6.04 Å². The second-order valence-corrected chi connectivity index (χ2v) is 6.14. The lowest BCUT2D eigenvalue weighted by Crippen LogP contribution is -2.48. The fourth-order valence-electron chi connectivity index (χ4n) is 1.65. The Morgan fingerprint density at radius 3 is 2.25 bits per heavy atom. The molecule has 0 radical (unpaired) electrons. The van der Waals surface area contributed by atoms with E-state index in [-0.39, 0.29) is 5.92 Å². The molecule has 0 aromatic rings. The van der Waals surface area contributed by atoms with Gasteiger partial charge in [-0.05, 0) is 18.8 Å². The molecule has 92 valence electrons. The summed E-state index contributed by atoms with van der Waals surface area (Å²) in [6.07, 6.45) is 2.89. The molecule has 1 aliphatic rings. The van der Waals surface area contributed by atoms with Crippen LogP contribution in [0, 0.1) is 17.2 Å². The summed E-state index contributed by atoms with van der Waals surface area (Å²) in [6, 6.07) is 1.33. The number of rotatable bonds is 4. The van der Waals surface area contributed by atoms with Gasteiger partial charge in [-0.3, -0.25) is 0 Å². The summed E-state index contributed by atoms with van der Waals surface area (Å²) >= 11 is 0. The molecule has 0 aromatic heterocycles. The minimum absolute atomic E-state index is 0.0236. The van der Waals surface area contributed by atoms with Gasteiger partial charge in [-0.25, -0.2) is 0 Å². The van der Waals surface area contributed by atoms with E-state index in [0.29, 0.717) is 13.1 Å². The molecule has 0 bridgehead atoms. The van der Waals surface area contributed by atoms with E-state index in [1.165, 1.54) is 4.31 Å². The number of hydrogen-bond donors (Lipinski definition) is 1. The summed E-state index contributed by atoms with van der Waals surface area (Å²) in [6.45, 7) is 4.77. The lowest BCUT2D eigenvalue weighted by atomic mass is 10.1. The first-order valence-electron chi connectivity index (χ1n) is 5.64. The molecule has 0 aliphatic carbocycles. The summed E-state index contributed by atoms with van der Waals surface area (Å²) < 4.78 is 27.7. The Morgan fingerprint density at radius 1 is 1.25 bits per heavy atom. The largest absolute Gasteiger partial charge is 0.280 e. The van der Waals surface area contributed by atoms with Gasteiger partial charge in [-0.1, -0.05) is 20.3 Å². The normalized spacial score (nSPS) is 20.6. The molecule has 0 spiro atoms. The van der Waals surface area contributed by atoms with Gasteiger partial charge in [0.05, 0.1) is 6.07 Å². The zero-order valence-electron chi connectivity index (χ0n) is 9.81. The van der Waals surface area contributed by atoms with Gasteiger partial charge in [-0.2, -0.15) is 22.7 Å². The first kappa shape index (κ1) is 13.4. The quantitative estimate of drug-likeness (QED) is 0.798. The summed E-state index contributed by atoms with van der Waals surface area (Å²) in [7, 11) is -3.48. The summed E-state index contributed by atoms with van der Waals surface area (Å²) in [5.74, 6) is -0.0236. The maximum atomic E-state index is 11.9. The standard InChI is InChI=1S/C10H19N3O2S/c1-9(2)10(8-11)12-16(14,15)13-6-4-3-5-7-13/h9-10,12H,3-7H2,1-2H3. The van der Waals surface area contributed by atoms with Gasteiger partial charge in [0.15, 0.2) is 0 Å². The minimum Gasteiger partial charge on any atom is -0.197 e. The van der Waals surface area contributed by atoms with Crippen LogP contribution in [0.2, 0.25) is 0 Å². The predicted molar refractivity (Wildman–Crippen MR) is 61.7 cm³/mol. The van der Waals surface area contributed by atoms with Crippen LogP contribution in [-0.2, 0) is 10.2 Å². The molecule has 1 heterocycles. The van der Waals surface area contributed by atoms with Crippen molar-refractivity contribution in [3.8, 4) is 6.07 Å². The van der Waals surface area contributed by atoms with Crippen molar-refractivity contribution < 1.29 is 8.42 Å². The number of hydrogen-bond acceptors (Lipinski definition) is 3. The van der Waals surface area contributed by atoms with E-state index in [1.54, 1.807) is 0 Å². The Balaban J connectivity index is 2.67. The number of nitrogens with one attached hydrogen (secondary N) is 1. The highest BCUT2D eigenvalue weighted by Crippen LogP contribution is 2.13. The van der Waals surface area contributed by atoms with Crippen LogP contribution in [-0.4, -0.2) is 31.9 Å². The zero-order chi connectivity index (χ0) is 12.2. The van der Waals surface area contributed by atoms with Crippen molar-refractivity contribution in [2.24, 2.45) is 5.92 Å². The van der Waals surface area contributed by atoms with Gasteiger partial charge in [0, 0.05) is 13.1 Å². The Hall–Kier alpha value is -0.640. The third-order valence-corrected chi connectivity index (χ3v) is 4.33. The number of nitriles is 1. The number of piperidine rings is 1. The fourth-order valence-corrected chi connectivity index (χ4v) is 3.19. The first-order valence-corrected chi connectivity index (χ1v) is 7.08. The lowest BCUT2D eigenvalue weighted by molar-refractivity contribution is 0.337. The van der Waals surface area contributed by atoms with Crippen LogP contribution in [0.4, 0.5) is 0 Å². The minimum atomic E-state index is -3.48. The molecule has 0 aromatic carbocycles. The maximum absolute atomic E-state index is 11.9. The van der Waals surface area contributed by atoms with Crippen molar-refractivity contribution in [1.82, 2.24) is 9.03 Å². The van der Waals surface area contributed by atoms with Crippen molar-refractivity contribution in [3.05, 3.63) is 0 Å². The SMILES string of the molecule is CC(C)C(C#N)NS(=O)(=O)N1CCCCC1. The van der Waals surface area contributed by atoms with E-state index in [4.69, 9.17) is 5.26 Å². The van der Waals surface area contributed by atoms with Gasteiger partial charge < -0.3 is 0 Å². The average molecular weight is 245 g/mol. The second-order valence-electron chi connectivity index (χ2n) is 4.43. The Morgan fingerprint density at radius 2 is 1.81 bits per heavy atom. The molecule has 6 heteroatoms. The highest BCUT2D eigenvalue weighted by atomic mass is 32.2. The molecule has 1 N–H and O–H groups in total. The summed E-state index contributed by atoms with van der Waals surface area (Å²) in [4.78, 5) is 0. The third kappa shape index (κ3) is 3.44. The van der Waals surface area contributed by atoms with E-state index in [2.05, 4.69) is 4.72 Å². The van der Waals surface area contributed by atoms with Gasteiger partial charge in [0.25, 0.3) is 10.2 Å². The highest BCUT2D eigenvalue weighted by Gasteiger charge is 2.27. The van der Waals surface area contributed by atoms with Gasteiger partial charge in [-0.15, -0.1) is 0 Å². The number of nitrogens with zero attached hydrogens (tertiary/aromatic N) is 2. The second kappa shape index (κ2) is 5.62. The first-order chi connectivity index (χ1) is 7.47. The van der Waals surface area contributed by atoms with E-state index in [0.717, 1.165) is 19.3 Å².